The summed E-state index contributed by atoms with van der Waals surface area (Å²) in [6, 6.07) is 4.69. The molecule has 0 amide bonds. The van der Waals surface area contributed by atoms with Crippen molar-refractivity contribution in [3.63, 3.8) is 0 Å². The summed E-state index contributed by atoms with van der Waals surface area (Å²) in [5.41, 5.74) is 0.279. The summed E-state index contributed by atoms with van der Waals surface area (Å²) in [5, 5.41) is 0. The molecule has 1 saturated carbocycles. The van der Waals surface area contributed by atoms with Crippen molar-refractivity contribution in [1.82, 2.24) is 0 Å². The van der Waals surface area contributed by atoms with Gasteiger partial charge in [0.05, 0.1) is 12.0 Å². The van der Waals surface area contributed by atoms with E-state index in [4.69, 9.17) is 4.74 Å². The van der Waals surface area contributed by atoms with Gasteiger partial charge in [0, 0.05) is 4.47 Å². The molecule has 1 aromatic carbocycles. The Labute approximate surface area is 93.4 Å². The maximum absolute atomic E-state index is 12.6. The molecule has 2 rings (SSSR count). The number of hydrogen-bond acceptors (Lipinski definition) is 2. The summed E-state index contributed by atoms with van der Waals surface area (Å²) in [6.45, 7) is 0. The SMILES string of the molecule is O=Cc1ccc(Br)cc1OC1CC1(F)F. The van der Waals surface area contributed by atoms with Gasteiger partial charge >= 0.3 is 0 Å². The van der Waals surface area contributed by atoms with Crippen LogP contribution in [0.4, 0.5) is 8.78 Å². The van der Waals surface area contributed by atoms with E-state index in [1.807, 2.05) is 0 Å². The topological polar surface area (TPSA) is 26.3 Å². The molecule has 1 aromatic rings. The van der Waals surface area contributed by atoms with E-state index in [0.29, 0.717) is 10.8 Å². The average molecular weight is 277 g/mol. The highest BCUT2D eigenvalue weighted by molar-refractivity contribution is 9.10. The van der Waals surface area contributed by atoms with Crippen LogP contribution < -0.4 is 4.74 Å². The number of carbonyl (C=O) groups is 1. The minimum atomic E-state index is -2.75. The largest absolute Gasteiger partial charge is 0.483 e. The lowest BCUT2D eigenvalue weighted by Crippen LogP contribution is -2.08. The fourth-order valence-corrected chi connectivity index (χ4v) is 1.52. The third-order valence-electron chi connectivity index (χ3n) is 2.14. The molecule has 1 fully saturated rings. The molecule has 0 saturated heterocycles. The molecule has 0 bridgehead atoms. The first kappa shape index (κ1) is 10.5. The van der Waals surface area contributed by atoms with Gasteiger partial charge in [-0.3, -0.25) is 4.79 Å². The molecule has 0 radical (unpaired) electrons. The van der Waals surface area contributed by atoms with Gasteiger partial charge in [0.25, 0.3) is 5.92 Å². The number of hydrogen-bond donors (Lipinski definition) is 0. The van der Waals surface area contributed by atoms with E-state index in [1.54, 1.807) is 6.07 Å². The van der Waals surface area contributed by atoms with Crippen molar-refractivity contribution in [3.05, 3.63) is 28.2 Å². The van der Waals surface area contributed by atoms with Gasteiger partial charge in [-0.05, 0) is 18.2 Å². The second-order valence-electron chi connectivity index (χ2n) is 3.37. The summed E-state index contributed by atoms with van der Waals surface area (Å²) < 4.78 is 30.9. The number of benzene rings is 1. The Morgan fingerprint density at radius 1 is 1.53 bits per heavy atom. The van der Waals surface area contributed by atoms with Crippen molar-refractivity contribution in [3.8, 4) is 5.75 Å². The fourth-order valence-electron chi connectivity index (χ4n) is 1.18. The summed E-state index contributed by atoms with van der Waals surface area (Å²) in [4.78, 5) is 10.6. The lowest BCUT2D eigenvalue weighted by Gasteiger charge is -2.07. The molecule has 1 atom stereocenters. The minimum Gasteiger partial charge on any atom is -0.483 e. The van der Waals surface area contributed by atoms with Gasteiger partial charge in [0.15, 0.2) is 12.4 Å². The van der Waals surface area contributed by atoms with Gasteiger partial charge in [0.1, 0.15) is 5.75 Å². The summed E-state index contributed by atoms with van der Waals surface area (Å²) in [6.07, 6.45) is -0.786. The molecular weight excluding hydrogens is 270 g/mol. The lowest BCUT2D eigenvalue weighted by molar-refractivity contribution is 0.0660. The molecule has 5 heteroatoms. The zero-order chi connectivity index (χ0) is 11.1. The maximum atomic E-state index is 12.6. The van der Waals surface area contributed by atoms with Crippen molar-refractivity contribution < 1.29 is 18.3 Å². The number of rotatable bonds is 3. The second-order valence-corrected chi connectivity index (χ2v) is 4.29. The average Bonchev–Trinajstić information content (AvgIpc) is 2.74. The first-order chi connectivity index (χ1) is 7.03. The van der Waals surface area contributed by atoms with Crippen LogP contribution in [0.2, 0.25) is 0 Å². The van der Waals surface area contributed by atoms with Gasteiger partial charge < -0.3 is 4.74 Å². The van der Waals surface area contributed by atoms with Crippen LogP contribution in [0.15, 0.2) is 22.7 Å². The molecule has 0 N–H and O–H groups in total. The minimum absolute atomic E-state index is 0.196. The molecule has 80 valence electrons. The molecular formula is C10H7BrF2O2. The predicted molar refractivity (Wildman–Crippen MR) is 53.5 cm³/mol. The van der Waals surface area contributed by atoms with Gasteiger partial charge in [-0.2, -0.15) is 0 Å². The predicted octanol–water partition coefficient (Wildman–Crippen LogP) is 3.05. The van der Waals surface area contributed by atoms with E-state index < -0.39 is 12.0 Å². The van der Waals surface area contributed by atoms with Gasteiger partial charge in [-0.15, -0.1) is 0 Å². The Bertz CT molecular complexity index is 406. The maximum Gasteiger partial charge on any atom is 0.288 e. The van der Waals surface area contributed by atoms with E-state index in [0.717, 1.165) is 0 Å². The monoisotopic (exact) mass is 276 g/mol. The number of ether oxygens (including phenoxy) is 1. The number of aldehydes is 1. The molecule has 1 aliphatic rings. The molecule has 0 heterocycles. The molecule has 0 aliphatic heterocycles. The zero-order valence-electron chi connectivity index (χ0n) is 7.54. The van der Waals surface area contributed by atoms with Crippen LogP contribution in [0, 0.1) is 0 Å². The van der Waals surface area contributed by atoms with Crippen LogP contribution in [0.25, 0.3) is 0 Å². The van der Waals surface area contributed by atoms with E-state index >= 15 is 0 Å². The second kappa shape index (κ2) is 3.56. The number of alkyl halides is 2. The third kappa shape index (κ3) is 2.17. The van der Waals surface area contributed by atoms with Crippen molar-refractivity contribution in [2.24, 2.45) is 0 Å². The highest BCUT2D eigenvalue weighted by Gasteiger charge is 2.59. The van der Waals surface area contributed by atoms with Gasteiger partial charge in [-0.1, -0.05) is 15.9 Å². The molecule has 1 aliphatic carbocycles. The van der Waals surface area contributed by atoms with Crippen LogP contribution in [0.5, 0.6) is 5.75 Å². The van der Waals surface area contributed by atoms with E-state index in [9.17, 15) is 13.6 Å². The van der Waals surface area contributed by atoms with Crippen molar-refractivity contribution >= 4 is 22.2 Å². The Morgan fingerprint density at radius 3 is 2.73 bits per heavy atom. The smallest absolute Gasteiger partial charge is 0.288 e. The third-order valence-corrected chi connectivity index (χ3v) is 2.63. The van der Waals surface area contributed by atoms with Gasteiger partial charge in [0.2, 0.25) is 0 Å². The van der Waals surface area contributed by atoms with Crippen LogP contribution in [0.1, 0.15) is 16.8 Å². The zero-order valence-corrected chi connectivity index (χ0v) is 9.13. The highest BCUT2D eigenvalue weighted by atomic mass is 79.9. The normalized spacial score (nSPS) is 22.2. The first-order valence-electron chi connectivity index (χ1n) is 4.32. The van der Waals surface area contributed by atoms with E-state index in [1.165, 1.54) is 12.1 Å². The first-order valence-corrected chi connectivity index (χ1v) is 5.11. The van der Waals surface area contributed by atoms with Crippen LogP contribution in [-0.4, -0.2) is 18.3 Å². The Balaban J connectivity index is 2.20. The summed E-state index contributed by atoms with van der Waals surface area (Å²) >= 11 is 3.18. The van der Waals surface area contributed by atoms with Crippen molar-refractivity contribution in [2.45, 2.75) is 18.4 Å². The summed E-state index contributed by atoms with van der Waals surface area (Å²) in [5.74, 6) is -2.55. The lowest BCUT2D eigenvalue weighted by atomic mass is 10.2. The van der Waals surface area contributed by atoms with Crippen LogP contribution in [-0.2, 0) is 0 Å². The number of halogens is 3. The number of carbonyl (C=O) groups excluding carboxylic acids is 1. The standard InChI is InChI=1S/C10H7BrF2O2/c11-7-2-1-6(5-14)8(3-7)15-9-4-10(9,12)13/h1-3,5,9H,4H2. The van der Waals surface area contributed by atoms with E-state index in [2.05, 4.69) is 15.9 Å². The van der Waals surface area contributed by atoms with Crippen molar-refractivity contribution in [2.75, 3.05) is 0 Å². The quantitative estimate of drug-likeness (QED) is 0.794. The summed E-state index contributed by atoms with van der Waals surface area (Å²) in [7, 11) is 0. The molecule has 0 aromatic heterocycles. The molecule has 0 spiro atoms. The Morgan fingerprint density at radius 2 is 2.20 bits per heavy atom. The molecule has 15 heavy (non-hydrogen) atoms. The Kier molecular flexibility index (Phi) is 2.50. The van der Waals surface area contributed by atoms with E-state index in [-0.39, 0.29) is 17.7 Å². The van der Waals surface area contributed by atoms with Crippen LogP contribution in [0.3, 0.4) is 0 Å². The molecule has 2 nitrogen and oxygen atoms in total. The Hall–Kier alpha value is -0.970. The highest BCUT2D eigenvalue weighted by Crippen LogP contribution is 2.45. The molecule has 1 unspecified atom stereocenters. The van der Waals surface area contributed by atoms with Crippen molar-refractivity contribution in [1.29, 1.82) is 0 Å². The van der Waals surface area contributed by atoms with Crippen LogP contribution >= 0.6 is 15.9 Å². The fraction of sp³-hybridized carbons (Fsp3) is 0.300. The van der Waals surface area contributed by atoms with Gasteiger partial charge in [-0.25, -0.2) is 8.78 Å².